The zero-order valence-electron chi connectivity index (χ0n) is 19.7. The van der Waals surface area contributed by atoms with Gasteiger partial charge in [0, 0.05) is 12.1 Å². The average molecular weight is 422 g/mol. The highest BCUT2D eigenvalue weighted by Gasteiger charge is 2.29. The Hall–Kier alpha value is -1.67. The normalized spacial score (nSPS) is 17.6. The van der Waals surface area contributed by atoms with Gasteiger partial charge in [-0.05, 0) is 52.8 Å². The maximum absolute atomic E-state index is 6.33. The van der Waals surface area contributed by atoms with E-state index in [2.05, 4.69) is 88.9 Å². The Balaban J connectivity index is 2.13. The molecular formula is C28H39NS. The second-order valence-electron chi connectivity index (χ2n) is 9.81. The highest BCUT2D eigenvalue weighted by atomic mass is 32.1. The van der Waals surface area contributed by atoms with E-state index in [0.29, 0.717) is 23.8 Å². The van der Waals surface area contributed by atoms with Crippen molar-refractivity contribution in [2.45, 2.75) is 91.0 Å². The van der Waals surface area contributed by atoms with Gasteiger partial charge in [0.1, 0.15) is 4.99 Å². The third kappa shape index (κ3) is 4.97. The molecule has 0 saturated carbocycles. The first-order valence-electron chi connectivity index (χ1n) is 11.8. The molecule has 1 saturated heterocycles. The smallest absolute Gasteiger partial charge is 0.110 e. The van der Waals surface area contributed by atoms with Crippen molar-refractivity contribution in [3.8, 4) is 0 Å². The molecular weight excluding hydrogens is 382 g/mol. The molecule has 0 spiro atoms. The lowest BCUT2D eigenvalue weighted by Gasteiger charge is -2.35. The van der Waals surface area contributed by atoms with Crippen LogP contribution < -0.4 is 0 Å². The molecule has 0 aliphatic carbocycles. The number of benzene rings is 2. The van der Waals surface area contributed by atoms with E-state index >= 15 is 0 Å². The summed E-state index contributed by atoms with van der Waals surface area (Å²) in [7, 11) is 0. The van der Waals surface area contributed by atoms with Crippen LogP contribution in [0.25, 0.3) is 0 Å². The van der Waals surface area contributed by atoms with E-state index in [9.17, 15) is 0 Å². The van der Waals surface area contributed by atoms with Gasteiger partial charge in [-0.15, -0.1) is 0 Å². The van der Waals surface area contributed by atoms with Crippen molar-refractivity contribution in [2.75, 3.05) is 6.54 Å². The SMILES string of the molecule is CC(C)c1cc(C(C)C)c(C(=S)N2CCCCC[C@@H]2c2ccccc2)c(C(C)C)c1. The minimum atomic E-state index is 0.381. The topological polar surface area (TPSA) is 3.24 Å². The second-order valence-corrected chi connectivity index (χ2v) is 10.2. The minimum Gasteiger partial charge on any atom is -0.355 e. The number of likely N-dealkylation sites (tertiary alicyclic amines) is 1. The van der Waals surface area contributed by atoms with E-state index in [0.717, 1.165) is 11.5 Å². The molecule has 2 aromatic rings. The molecule has 0 bridgehead atoms. The predicted molar refractivity (Wildman–Crippen MR) is 135 cm³/mol. The molecule has 1 heterocycles. The quantitative estimate of drug-likeness (QED) is 0.446. The molecule has 162 valence electrons. The summed E-state index contributed by atoms with van der Waals surface area (Å²) in [5.41, 5.74) is 7.02. The Morgan fingerprint density at radius 1 is 0.833 bits per heavy atom. The van der Waals surface area contributed by atoms with Gasteiger partial charge in [-0.2, -0.15) is 0 Å². The maximum atomic E-state index is 6.33. The van der Waals surface area contributed by atoms with E-state index in [-0.39, 0.29) is 0 Å². The van der Waals surface area contributed by atoms with E-state index in [1.807, 2.05) is 0 Å². The fourth-order valence-electron chi connectivity index (χ4n) is 4.72. The van der Waals surface area contributed by atoms with Gasteiger partial charge in [-0.1, -0.05) is 109 Å². The van der Waals surface area contributed by atoms with Crippen molar-refractivity contribution in [2.24, 2.45) is 0 Å². The van der Waals surface area contributed by atoms with Crippen LogP contribution in [0.5, 0.6) is 0 Å². The van der Waals surface area contributed by atoms with E-state index in [1.165, 1.54) is 53.5 Å². The van der Waals surface area contributed by atoms with Gasteiger partial charge >= 0.3 is 0 Å². The number of thiocarbonyl (C=S) groups is 1. The lowest BCUT2D eigenvalue weighted by Crippen LogP contribution is -2.35. The first-order chi connectivity index (χ1) is 14.3. The van der Waals surface area contributed by atoms with Crippen LogP contribution in [0, 0.1) is 0 Å². The summed E-state index contributed by atoms with van der Waals surface area (Å²) >= 11 is 6.33. The molecule has 0 radical (unpaired) electrons. The first kappa shape index (κ1) is 23.0. The summed E-state index contributed by atoms with van der Waals surface area (Å²) in [5.74, 6) is 1.44. The van der Waals surface area contributed by atoms with Crippen LogP contribution in [0.15, 0.2) is 42.5 Å². The molecule has 0 aromatic heterocycles. The molecule has 1 atom stereocenters. The van der Waals surface area contributed by atoms with E-state index < -0.39 is 0 Å². The van der Waals surface area contributed by atoms with Crippen LogP contribution in [0.2, 0.25) is 0 Å². The van der Waals surface area contributed by atoms with Crippen molar-refractivity contribution in [1.82, 2.24) is 4.90 Å². The maximum Gasteiger partial charge on any atom is 0.110 e. The van der Waals surface area contributed by atoms with Gasteiger partial charge in [0.25, 0.3) is 0 Å². The fraction of sp³-hybridized carbons (Fsp3) is 0.536. The Morgan fingerprint density at radius 2 is 1.43 bits per heavy atom. The summed E-state index contributed by atoms with van der Waals surface area (Å²) in [6.07, 6.45) is 4.98. The van der Waals surface area contributed by atoms with Gasteiger partial charge in [0.05, 0.1) is 6.04 Å². The molecule has 0 N–H and O–H groups in total. The molecule has 1 aliphatic rings. The van der Waals surface area contributed by atoms with Crippen LogP contribution in [0.3, 0.4) is 0 Å². The molecule has 1 fully saturated rings. The van der Waals surface area contributed by atoms with E-state index in [4.69, 9.17) is 12.2 Å². The number of hydrogen-bond donors (Lipinski definition) is 0. The standard InChI is InChI=1S/C28H39NS/c1-19(2)23-17-24(20(3)4)27(25(18-23)21(5)6)28(30)29-16-12-8-11-15-26(29)22-13-9-7-10-14-22/h7,9-10,13-14,17-21,26H,8,11-12,15-16H2,1-6H3/t26-/m1/s1. The molecule has 1 nitrogen and oxygen atoms in total. The summed E-state index contributed by atoms with van der Waals surface area (Å²) < 4.78 is 0. The van der Waals surface area contributed by atoms with Crippen molar-refractivity contribution in [1.29, 1.82) is 0 Å². The summed E-state index contributed by atoms with van der Waals surface area (Å²) in [6.45, 7) is 14.9. The number of rotatable bonds is 5. The third-order valence-corrected chi connectivity index (χ3v) is 6.98. The van der Waals surface area contributed by atoms with Crippen molar-refractivity contribution in [3.63, 3.8) is 0 Å². The Morgan fingerprint density at radius 3 is 1.97 bits per heavy atom. The lowest BCUT2D eigenvalue weighted by molar-refractivity contribution is 0.327. The third-order valence-electron chi connectivity index (χ3n) is 6.54. The van der Waals surface area contributed by atoms with Crippen LogP contribution in [-0.4, -0.2) is 16.4 Å². The molecule has 0 amide bonds. The molecule has 1 aliphatic heterocycles. The number of nitrogens with zero attached hydrogens (tertiary/aromatic N) is 1. The largest absolute Gasteiger partial charge is 0.355 e. The molecule has 2 aromatic carbocycles. The van der Waals surface area contributed by atoms with Gasteiger partial charge in [0.2, 0.25) is 0 Å². The monoisotopic (exact) mass is 421 g/mol. The lowest BCUT2D eigenvalue weighted by atomic mass is 9.84. The molecule has 30 heavy (non-hydrogen) atoms. The molecule has 2 heteroatoms. The second kappa shape index (κ2) is 10.1. The molecule has 0 unspecified atom stereocenters. The summed E-state index contributed by atoms with van der Waals surface area (Å²) in [5, 5.41) is 0. The predicted octanol–water partition coefficient (Wildman–Crippen LogP) is 8.35. The Labute approximate surface area is 189 Å². The zero-order chi connectivity index (χ0) is 21.8. The van der Waals surface area contributed by atoms with Crippen molar-refractivity contribution in [3.05, 3.63) is 70.3 Å². The van der Waals surface area contributed by atoms with Gasteiger partial charge in [0.15, 0.2) is 0 Å². The Kier molecular flexibility index (Phi) is 7.74. The highest BCUT2D eigenvalue weighted by Crippen LogP contribution is 2.37. The summed E-state index contributed by atoms with van der Waals surface area (Å²) in [4.78, 5) is 3.62. The fourth-order valence-corrected chi connectivity index (χ4v) is 5.17. The first-order valence-corrected chi connectivity index (χ1v) is 12.3. The summed E-state index contributed by atoms with van der Waals surface area (Å²) in [6, 6.07) is 16.2. The minimum absolute atomic E-state index is 0.381. The van der Waals surface area contributed by atoms with Crippen LogP contribution >= 0.6 is 12.2 Å². The van der Waals surface area contributed by atoms with Gasteiger partial charge < -0.3 is 4.90 Å². The highest BCUT2D eigenvalue weighted by molar-refractivity contribution is 7.80. The van der Waals surface area contributed by atoms with Gasteiger partial charge in [-0.25, -0.2) is 0 Å². The zero-order valence-corrected chi connectivity index (χ0v) is 20.6. The van der Waals surface area contributed by atoms with E-state index in [1.54, 1.807) is 0 Å². The van der Waals surface area contributed by atoms with Gasteiger partial charge in [-0.3, -0.25) is 0 Å². The van der Waals surface area contributed by atoms with Crippen LogP contribution in [-0.2, 0) is 0 Å². The molecule has 3 rings (SSSR count). The Bertz CT molecular complexity index is 821. The average Bonchev–Trinajstić information content (AvgIpc) is 2.98. The van der Waals surface area contributed by atoms with Crippen LogP contribution in [0.4, 0.5) is 0 Å². The van der Waals surface area contributed by atoms with Crippen molar-refractivity contribution >= 4 is 17.2 Å². The van der Waals surface area contributed by atoms with Crippen molar-refractivity contribution < 1.29 is 0 Å². The van der Waals surface area contributed by atoms with Crippen LogP contribution in [0.1, 0.15) is 119 Å². The number of hydrogen-bond acceptors (Lipinski definition) is 1.